The number of nitro groups is 1. The average molecular weight is 308 g/mol. The SMILES string of the molecule is CC(=O)OCCN1CCN(c2cccc(N)c2[N+](=O)[O-])CC1. The molecule has 1 aliphatic rings. The second-order valence-electron chi connectivity index (χ2n) is 5.14. The third kappa shape index (κ3) is 3.85. The first kappa shape index (κ1) is 16.0. The molecule has 8 heteroatoms. The zero-order chi connectivity index (χ0) is 16.1. The van der Waals surface area contributed by atoms with Crippen molar-refractivity contribution in [2.75, 3.05) is 50.0 Å². The van der Waals surface area contributed by atoms with E-state index in [-0.39, 0.29) is 17.3 Å². The van der Waals surface area contributed by atoms with E-state index in [1.165, 1.54) is 13.0 Å². The molecule has 2 rings (SSSR count). The number of hydrogen-bond donors (Lipinski definition) is 1. The highest BCUT2D eigenvalue weighted by Gasteiger charge is 2.25. The number of nitro benzene ring substituents is 1. The van der Waals surface area contributed by atoms with Crippen LogP contribution in [0.4, 0.5) is 17.1 Å². The number of ether oxygens (including phenoxy) is 1. The van der Waals surface area contributed by atoms with Crippen molar-refractivity contribution < 1.29 is 14.5 Å². The molecule has 1 aromatic carbocycles. The molecule has 0 aliphatic carbocycles. The van der Waals surface area contributed by atoms with Crippen LogP contribution in [-0.4, -0.2) is 55.1 Å². The fourth-order valence-electron chi connectivity index (χ4n) is 2.53. The zero-order valence-corrected chi connectivity index (χ0v) is 12.5. The van der Waals surface area contributed by atoms with Crippen LogP contribution < -0.4 is 10.6 Å². The summed E-state index contributed by atoms with van der Waals surface area (Å²) in [6.45, 7) is 5.28. The Morgan fingerprint density at radius 3 is 2.64 bits per heavy atom. The minimum atomic E-state index is -0.433. The van der Waals surface area contributed by atoms with Gasteiger partial charge in [0, 0.05) is 39.6 Å². The fourth-order valence-corrected chi connectivity index (χ4v) is 2.53. The molecule has 0 amide bonds. The van der Waals surface area contributed by atoms with Crippen LogP contribution in [0.25, 0.3) is 0 Å². The van der Waals surface area contributed by atoms with Crippen LogP contribution in [0.2, 0.25) is 0 Å². The maximum Gasteiger partial charge on any atom is 0.315 e. The number of carbonyl (C=O) groups is 1. The smallest absolute Gasteiger partial charge is 0.315 e. The van der Waals surface area contributed by atoms with Gasteiger partial charge in [-0.25, -0.2) is 0 Å². The van der Waals surface area contributed by atoms with Gasteiger partial charge in [0.2, 0.25) is 0 Å². The molecule has 1 aromatic rings. The maximum atomic E-state index is 11.2. The molecule has 0 unspecified atom stereocenters. The fraction of sp³-hybridized carbons (Fsp3) is 0.500. The van der Waals surface area contributed by atoms with Gasteiger partial charge < -0.3 is 15.4 Å². The lowest BCUT2D eigenvalue weighted by Crippen LogP contribution is -2.47. The van der Waals surface area contributed by atoms with Crippen LogP contribution in [0.15, 0.2) is 18.2 Å². The number of nitrogens with two attached hydrogens (primary N) is 1. The number of esters is 1. The molecule has 1 aliphatic heterocycles. The van der Waals surface area contributed by atoms with Crippen molar-refractivity contribution in [2.45, 2.75) is 6.92 Å². The van der Waals surface area contributed by atoms with E-state index in [4.69, 9.17) is 10.5 Å². The van der Waals surface area contributed by atoms with E-state index in [1.807, 2.05) is 4.90 Å². The summed E-state index contributed by atoms with van der Waals surface area (Å²) in [4.78, 5) is 25.6. The Labute approximate surface area is 128 Å². The van der Waals surface area contributed by atoms with E-state index in [0.717, 1.165) is 13.1 Å². The minimum Gasteiger partial charge on any atom is -0.465 e. The normalized spacial score (nSPS) is 15.6. The molecule has 1 heterocycles. The van der Waals surface area contributed by atoms with Gasteiger partial charge in [-0.05, 0) is 12.1 Å². The van der Waals surface area contributed by atoms with Gasteiger partial charge in [0.05, 0.1) is 4.92 Å². The summed E-state index contributed by atoms with van der Waals surface area (Å²) in [5.41, 5.74) is 6.43. The number of nitrogens with zero attached hydrogens (tertiary/aromatic N) is 3. The standard InChI is InChI=1S/C14H20N4O4/c1-11(19)22-10-9-16-5-7-17(8-6-16)13-4-2-3-12(15)14(13)18(20)21/h2-4H,5-10,15H2,1H3. The zero-order valence-electron chi connectivity index (χ0n) is 12.5. The van der Waals surface area contributed by atoms with E-state index >= 15 is 0 Å². The lowest BCUT2D eigenvalue weighted by atomic mass is 10.2. The van der Waals surface area contributed by atoms with Gasteiger partial charge >= 0.3 is 11.7 Å². The van der Waals surface area contributed by atoms with Crippen LogP contribution >= 0.6 is 0 Å². The van der Waals surface area contributed by atoms with Gasteiger partial charge in [0.15, 0.2) is 0 Å². The number of nitrogen functional groups attached to an aromatic ring is 1. The van der Waals surface area contributed by atoms with Gasteiger partial charge in [-0.1, -0.05) is 6.07 Å². The first-order valence-electron chi connectivity index (χ1n) is 7.12. The molecule has 22 heavy (non-hydrogen) atoms. The number of rotatable bonds is 5. The lowest BCUT2D eigenvalue weighted by Gasteiger charge is -2.35. The van der Waals surface area contributed by atoms with Crippen LogP contribution in [0.3, 0.4) is 0 Å². The van der Waals surface area contributed by atoms with Crippen LogP contribution in [-0.2, 0) is 9.53 Å². The molecule has 120 valence electrons. The topological polar surface area (TPSA) is 102 Å². The second kappa shape index (κ2) is 7.08. The van der Waals surface area contributed by atoms with Gasteiger partial charge in [0.1, 0.15) is 18.0 Å². The van der Waals surface area contributed by atoms with E-state index in [0.29, 0.717) is 31.9 Å². The van der Waals surface area contributed by atoms with E-state index < -0.39 is 4.92 Å². The molecule has 1 fully saturated rings. The Balaban J connectivity index is 1.96. The quantitative estimate of drug-likeness (QED) is 0.372. The highest BCUT2D eigenvalue weighted by molar-refractivity contribution is 5.75. The highest BCUT2D eigenvalue weighted by atomic mass is 16.6. The molecule has 2 N–H and O–H groups in total. The van der Waals surface area contributed by atoms with Crippen LogP contribution in [0.1, 0.15) is 6.92 Å². The van der Waals surface area contributed by atoms with E-state index in [1.54, 1.807) is 12.1 Å². The van der Waals surface area contributed by atoms with Gasteiger partial charge in [-0.2, -0.15) is 0 Å². The molecule has 0 bridgehead atoms. The van der Waals surface area contributed by atoms with Crippen molar-refractivity contribution in [1.82, 2.24) is 4.90 Å². The van der Waals surface area contributed by atoms with E-state index in [9.17, 15) is 14.9 Å². The average Bonchev–Trinajstić information content (AvgIpc) is 2.47. The number of piperazine rings is 1. The third-order valence-corrected chi connectivity index (χ3v) is 3.65. The largest absolute Gasteiger partial charge is 0.465 e. The first-order chi connectivity index (χ1) is 10.5. The number of anilines is 2. The van der Waals surface area contributed by atoms with Gasteiger partial charge in [-0.15, -0.1) is 0 Å². The maximum absolute atomic E-state index is 11.2. The number of benzene rings is 1. The molecule has 0 spiro atoms. The lowest BCUT2D eigenvalue weighted by molar-refractivity contribution is -0.383. The third-order valence-electron chi connectivity index (χ3n) is 3.65. The summed E-state index contributed by atoms with van der Waals surface area (Å²) < 4.78 is 4.92. The van der Waals surface area contributed by atoms with Crippen molar-refractivity contribution in [3.8, 4) is 0 Å². The Hall–Kier alpha value is -2.35. The summed E-state index contributed by atoms with van der Waals surface area (Å²) in [5.74, 6) is -0.283. The van der Waals surface area contributed by atoms with Crippen molar-refractivity contribution in [3.63, 3.8) is 0 Å². The number of para-hydroxylation sites is 1. The Morgan fingerprint density at radius 2 is 2.05 bits per heavy atom. The van der Waals surface area contributed by atoms with E-state index in [2.05, 4.69) is 4.90 Å². The summed E-state index contributed by atoms with van der Waals surface area (Å²) >= 11 is 0. The van der Waals surface area contributed by atoms with Crippen molar-refractivity contribution in [3.05, 3.63) is 28.3 Å². The summed E-state index contributed by atoms with van der Waals surface area (Å²) in [6.07, 6.45) is 0. The highest BCUT2D eigenvalue weighted by Crippen LogP contribution is 2.33. The van der Waals surface area contributed by atoms with Crippen molar-refractivity contribution >= 4 is 23.0 Å². The molecule has 8 nitrogen and oxygen atoms in total. The molecular formula is C14H20N4O4. The number of carbonyl (C=O) groups excluding carboxylic acids is 1. The molecule has 0 radical (unpaired) electrons. The first-order valence-corrected chi connectivity index (χ1v) is 7.12. The van der Waals surface area contributed by atoms with Crippen LogP contribution in [0, 0.1) is 10.1 Å². The van der Waals surface area contributed by atoms with Crippen molar-refractivity contribution in [1.29, 1.82) is 0 Å². The Bertz CT molecular complexity index is 556. The molecule has 0 atom stereocenters. The predicted octanol–water partition coefficient (Wildman–Crippen LogP) is 0.862. The van der Waals surface area contributed by atoms with Gasteiger partial charge in [-0.3, -0.25) is 19.8 Å². The minimum absolute atomic E-state index is 0.0316. The second-order valence-corrected chi connectivity index (χ2v) is 5.14. The molecular weight excluding hydrogens is 288 g/mol. The monoisotopic (exact) mass is 308 g/mol. The summed E-state index contributed by atoms with van der Waals surface area (Å²) in [6, 6.07) is 4.99. The van der Waals surface area contributed by atoms with Gasteiger partial charge in [0.25, 0.3) is 0 Å². The Morgan fingerprint density at radius 1 is 1.36 bits per heavy atom. The summed E-state index contributed by atoms with van der Waals surface area (Å²) in [7, 11) is 0. The molecule has 0 saturated carbocycles. The predicted molar refractivity (Wildman–Crippen MR) is 82.8 cm³/mol. The molecule has 0 aromatic heterocycles. The summed E-state index contributed by atoms with van der Waals surface area (Å²) in [5, 5.41) is 11.2. The van der Waals surface area contributed by atoms with Crippen molar-refractivity contribution in [2.24, 2.45) is 0 Å². The van der Waals surface area contributed by atoms with Crippen LogP contribution in [0.5, 0.6) is 0 Å². The Kier molecular flexibility index (Phi) is 5.16. The molecule has 1 saturated heterocycles. The number of hydrogen-bond acceptors (Lipinski definition) is 7.